The molecule has 1 aliphatic carbocycles. The predicted molar refractivity (Wildman–Crippen MR) is 212 cm³/mol. The summed E-state index contributed by atoms with van der Waals surface area (Å²) >= 11 is 0. The van der Waals surface area contributed by atoms with Crippen molar-refractivity contribution in [3.63, 3.8) is 0 Å². The van der Waals surface area contributed by atoms with Gasteiger partial charge in [0.1, 0.15) is 17.0 Å². The lowest BCUT2D eigenvalue weighted by molar-refractivity contribution is -0.188. The van der Waals surface area contributed by atoms with Crippen LogP contribution < -0.4 is 10.2 Å². The van der Waals surface area contributed by atoms with Gasteiger partial charge in [-0.2, -0.15) is 10.2 Å². The van der Waals surface area contributed by atoms with Gasteiger partial charge >= 0.3 is 6.09 Å². The van der Waals surface area contributed by atoms with Crippen molar-refractivity contribution in [1.29, 1.82) is 0 Å². The van der Waals surface area contributed by atoms with Crippen LogP contribution in [0.25, 0.3) is 5.65 Å². The molecule has 57 heavy (non-hydrogen) atoms. The molecule has 16 heteroatoms. The van der Waals surface area contributed by atoms with Crippen LogP contribution in [0.3, 0.4) is 0 Å². The molecule has 4 fully saturated rings. The van der Waals surface area contributed by atoms with Crippen molar-refractivity contribution in [3.8, 4) is 0 Å². The summed E-state index contributed by atoms with van der Waals surface area (Å²) in [6.07, 6.45) is 13.2. The Balaban J connectivity index is 0.897. The third kappa shape index (κ3) is 10.8. The maximum Gasteiger partial charge on any atom is 0.410 e. The molecule has 0 bridgehead atoms. The molecule has 314 valence electrons. The maximum absolute atomic E-state index is 14.3. The van der Waals surface area contributed by atoms with Crippen LogP contribution in [-0.4, -0.2) is 117 Å². The maximum atomic E-state index is 14.3. The molecule has 2 amide bonds. The van der Waals surface area contributed by atoms with Gasteiger partial charge in [0.25, 0.3) is 12.3 Å². The van der Waals surface area contributed by atoms with E-state index in [0.29, 0.717) is 29.8 Å². The molecule has 2 atom stereocenters. The van der Waals surface area contributed by atoms with Gasteiger partial charge in [0, 0.05) is 51.7 Å². The zero-order valence-electron chi connectivity index (χ0n) is 34.1. The second-order valence-corrected chi connectivity index (χ2v) is 17.6. The molecule has 6 heterocycles. The fraction of sp³-hybridized carbons (Fsp3) is 0.732. The number of carbonyl (C=O) groups is 2. The first-order chi connectivity index (χ1) is 27.4. The van der Waals surface area contributed by atoms with E-state index < -0.39 is 23.6 Å². The zero-order chi connectivity index (χ0) is 40.1. The Labute approximate surface area is 334 Å². The van der Waals surface area contributed by atoms with Crippen molar-refractivity contribution < 1.29 is 32.6 Å². The normalized spacial score (nSPS) is 24.1. The summed E-state index contributed by atoms with van der Waals surface area (Å²) in [6.45, 7) is 11.4. The summed E-state index contributed by atoms with van der Waals surface area (Å²) in [7, 11) is 2.17. The van der Waals surface area contributed by atoms with Crippen LogP contribution in [0.5, 0.6) is 0 Å². The van der Waals surface area contributed by atoms with E-state index in [1.54, 1.807) is 17.1 Å². The highest BCUT2D eigenvalue weighted by Gasteiger charge is 2.31. The standard InChI is InChI=1S/C41H61F2N9O5/c1-41(2,3)57-40(54)49-20-15-28(16-21-49)14-19-48(4)25-29-10-12-30(13-11-29)52-27-33(36(47-52)37(42)43)45-39(53)32-24-44-51-22-17-34(46-38(32)51)50-18-7-8-31(26-50)56-35-9-5-6-23-55-35/h17,22,24,27-31,35,37H,5-16,18-21,23,25-26H2,1-4H3,(H,45,53)/t29?,30?,31-,35?/m0/s1. The fourth-order valence-corrected chi connectivity index (χ4v) is 8.78. The Morgan fingerprint density at radius 3 is 2.53 bits per heavy atom. The molecule has 1 unspecified atom stereocenters. The highest BCUT2D eigenvalue weighted by atomic mass is 19.3. The van der Waals surface area contributed by atoms with Crippen LogP contribution in [0.4, 0.5) is 25.1 Å². The number of carbonyl (C=O) groups excluding carboxylic acids is 2. The molecule has 4 aliphatic rings. The van der Waals surface area contributed by atoms with E-state index in [1.807, 2.05) is 31.7 Å². The van der Waals surface area contributed by atoms with E-state index in [-0.39, 0.29) is 35.8 Å². The van der Waals surface area contributed by atoms with Crippen molar-refractivity contribution in [1.82, 2.24) is 34.2 Å². The lowest BCUT2D eigenvalue weighted by Crippen LogP contribution is -2.42. The zero-order valence-corrected chi connectivity index (χ0v) is 34.1. The lowest BCUT2D eigenvalue weighted by Gasteiger charge is -2.36. The molecule has 3 aliphatic heterocycles. The monoisotopic (exact) mass is 797 g/mol. The number of fused-ring (bicyclic) bond motifs is 1. The molecule has 7 rings (SSSR count). The Morgan fingerprint density at radius 2 is 1.81 bits per heavy atom. The third-order valence-corrected chi connectivity index (χ3v) is 11.9. The van der Waals surface area contributed by atoms with Gasteiger partial charge < -0.3 is 34.2 Å². The van der Waals surface area contributed by atoms with Gasteiger partial charge in [0.2, 0.25) is 0 Å². The highest BCUT2D eigenvalue weighted by Crippen LogP contribution is 2.36. The van der Waals surface area contributed by atoms with E-state index in [0.717, 1.165) is 116 Å². The van der Waals surface area contributed by atoms with Crippen LogP contribution in [0, 0.1) is 11.8 Å². The van der Waals surface area contributed by atoms with E-state index in [9.17, 15) is 18.4 Å². The number of nitrogens with zero attached hydrogens (tertiary/aromatic N) is 8. The lowest BCUT2D eigenvalue weighted by atomic mass is 9.85. The SMILES string of the molecule is CN(CCC1CCN(C(=O)OC(C)(C)C)CC1)CC1CCC(n2cc(NC(=O)c3cnn4ccc(N5CCC[C@H](OC6CCCCO6)C5)nc34)c(C(F)F)n2)CC1. The number of amides is 2. The average molecular weight is 798 g/mol. The number of ether oxygens (including phenoxy) is 3. The minimum Gasteiger partial charge on any atom is -0.444 e. The van der Waals surface area contributed by atoms with Crippen molar-refractivity contribution in [2.45, 2.75) is 128 Å². The quantitative estimate of drug-likeness (QED) is 0.199. The van der Waals surface area contributed by atoms with Crippen LogP contribution in [0.1, 0.15) is 126 Å². The average Bonchev–Trinajstić information content (AvgIpc) is 3.82. The van der Waals surface area contributed by atoms with Crippen molar-refractivity contribution in [2.75, 3.05) is 63.1 Å². The van der Waals surface area contributed by atoms with Gasteiger partial charge in [-0.05, 0) is 129 Å². The molecule has 0 spiro atoms. The highest BCUT2D eigenvalue weighted by molar-refractivity contribution is 6.08. The summed E-state index contributed by atoms with van der Waals surface area (Å²) in [6, 6.07) is 1.85. The molecule has 3 aromatic heterocycles. The van der Waals surface area contributed by atoms with Gasteiger partial charge in [0.05, 0.1) is 24.0 Å². The summed E-state index contributed by atoms with van der Waals surface area (Å²) < 4.78 is 49.4. The van der Waals surface area contributed by atoms with Crippen molar-refractivity contribution in [2.24, 2.45) is 11.8 Å². The molecular weight excluding hydrogens is 737 g/mol. The molecule has 3 aromatic rings. The molecule has 14 nitrogen and oxygen atoms in total. The first-order valence-corrected chi connectivity index (χ1v) is 21.1. The summed E-state index contributed by atoms with van der Waals surface area (Å²) in [5.41, 5.74) is -0.369. The first kappa shape index (κ1) is 41.3. The Hall–Kier alpha value is -3.89. The van der Waals surface area contributed by atoms with Gasteiger partial charge in [-0.3, -0.25) is 9.48 Å². The van der Waals surface area contributed by atoms with E-state index in [1.165, 1.54) is 10.7 Å². The number of hydrogen-bond acceptors (Lipinski definition) is 10. The number of halogens is 2. The Kier molecular flexibility index (Phi) is 13.3. The minimum absolute atomic E-state index is 0.00485. The van der Waals surface area contributed by atoms with Crippen molar-refractivity contribution >= 4 is 29.2 Å². The number of anilines is 2. The predicted octanol–water partition coefficient (Wildman–Crippen LogP) is 7.33. The van der Waals surface area contributed by atoms with E-state index in [4.69, 9.17) is 19.2 Å². The first-order valence-electron chi connectivity index (χ1n) is 21.1. The minimum atomic E-state index is -2.85. The van der Waals surface area contributed by atoms with Crippen molar-refractivity contribution in [3.05, 3.63) is 35.9 Å². The third-order valence-electron chi connectivity index (χ3n) is 11.9. The number of piperidine rings is 2. The number of likely N-dealkylation sites (tertiary alicyclic amines) is 1. The molecule has 0 radical (unpaired) electrons. The van der Waals surface area contributed by atoms with E-state index >= 15 is 0 Å². The number of aromatic nitrogens is 5. The molecular formula is C41H61F2N9O5. The smallest absolute Gasteiger partial charge is 0.410 e. The van der Waals surface area contributed by atoms with Crippen LogP contribution in [-0.2, 0) is 14.2 Å². The van der Waals surface area contributed by atoms with Gasteiger partial charge in [-0.15, -0.1) is 0 Å². The van der Waals surface area contributed by atoms with Gasteiger partial charge in [0.15, 0.2) is 17.6 Å². The number of alkyl halides is 2. The largest absolute Gasteiger partial charge is 0.444 e. The Morgan fingerprint density at radius 1 is 1.02 bits per heavy atom. The van der Waals surface area contributed by atoms with Gasteiger partial charge in [-0.1, -0.05) is 0 Å². The molecule has 3 saturated heterocycles. The summed E-state index contributed by atoms with van der Waals surface area (Å²) in [5.74, 6) is 1.25. The summed E-state index contributed by atoms with van der Waals surface area (Å²) in [5, 5.41) is 11.3. The molecule has 1 saturated carbocycles. The Bertz CT molecular complexity index is 1790. The van der Waals surface area contributed by atoms with E-state index in [2.05, 4.69) is 32.4 Å². The second-order valence-electron chi connectivity index (χ2n) is 17.6. The number of rotatable bonds is 12. The molecule has 0 aromatic carbocycles. The second kappa shape index (κ2) is 18.4. The number of hydrogen-bond donors (Lipinski definition) is 1. The van der Waals surface area contributed by atoms with Gasteiger partial charge in [-0.25, -0.2) is 23.1 Å². The topological polar surface area (TPSA) is 132 Å². The molecule has 1 N–H and O–H groups in total. The van der Waals surface area contributed by atoms with Crippen LogP contribution >= 0.6 is 0 Å². The number of nitrogens with one attached hydrogen (secondary N) is 1. The summed E-state index contributed by atoms with van der Waals surface area (Å²) in [4.78, 5) is 37.3. The fourth-order valence-electron chi connectivity index (χ4n) is 8.78. The van der Waals surface area contributed by atoms with Crippen LogP contribution in [0.15, 0.2) is 24.7 Å². The van der Waals surface area contributed by atoms with Crippen LogP contribution in [0.2, 0.25) is 0 Å².